The molecule has 0 spiro atoms. The van der Waals surface area contributed by atoms with Gasteiger partial charge in [0.05, 0.1) is 6.42 Å². The van der Waals surface area contributed by atoms with Crippen molar-refractivity contribution >= 4 is 11.9 Å². The van der Waals surface area contributed by atoms with Crippen LogP contribution in [0.4, 0.5) is 0 Å². The summed E-state index contributed by atoms with van der Waals surface area (Å²) in [4.78, 5) is 23.1. The molecule has 15 heavy (non-hydrogen) atoms. The molecule has 5 heteroatoms. The third-order valence-corrected chi connectivity index (χ3v) is 2.01. The maximum atomic E-state index is 11.2. The number of hydrogen-bond donors (Lipinski definition) is 1. The van der Waals surface area contributed by atoms with Crippen LogP contribution >= 0.6 is 0 Å². The smallest absolute Gasteiger partial charge is 0.303 e. The Hall–Kier alpha value is -1.10. The first-order valence-electron chi connectivity index (χ1n) is 5.21. The van der Waals surface area contributed by atoms with Gasteiger partial charge in [-0.2, -0.15) is 0 Å². The van der Waals surface area contributed by atoms with Gasteiger partial charge < -0.3 is 14.7 Å². The molecule has 0 aromatic heterocycles. The van der Waals surface area contributed by atoms with E-state index in [9.17, 15) is 14.7 Å². The molecular weight excluding hydrogens is 198 g/mol. The molecule has 0 saturated carbocycles. The van der Waals surface area contributed by atoms with Gasteiger partial charge in [0.15, 0.2) is 12.3 Å². The first-order chi connectivity index (χ1) is 7.06. The summed E-state index contributed by atoms with van der Waals surface area (Å²) in [5.74, 6) is -0.656. The first kappa shape index (κ1) is 13.9. The van der Waals surface area contributed by atoms with Gasteiger partial charge in [-0.25, -0.2) is 0 Å². The van der Waals surface area contributed by atoms with Crippen molar-refractivity contribution < 1.29 is 19.4 Å². The van der Waals surface area contributed by atoms with Crippen LogP contribution in [0.5, 0.6) is 0 Å². The predicted octanol–water partition coefficient (Wildman–Crippen LogP) is 0.515. The summed E-state index contributed by atoms with van der Waals surface area (Å²) in [5, 5.41) is 9.50. The van der Waals surface area contributed by atoms with Gasteiger partial charge in [-0.15, -0.1) is 0 Å². The molecule has 1 aliphatic rings. The fourth-order valence-corrected chi connectivity index (χ4v) is 1.42. The molecule has 1 rings (SSSR count). The van der Waals surface area contributed by atoms with E-state index in [4.69, 9.17) is 4.74 Å². The zero-order valence-electron chi connectivity index (χ0n) is 9.69. The predicted molar refractivity (Wildman–Crippen MR) is 54.9 cm³/mol. The van der Waals surface area contributed by atoms with E-state index in [0.29, 0.717) is 6.54 Å². The van der Waals surface area contributed by atoms with E-state index in [1.54, 1.807) is 6.92 Å². The normalized spacial score (nSPS) is 24.6. The fraction of sp³-hybridized carbons (Fsp3) is 0.800. The zero-order valence-corrected chi connectivity index (χ0v) is 9.69. The lowest BCUT2D eigenvalue weighted by molar-refractivity contribution is -0.155. The molecule has 1 saturated heterocycles. The summed E-state index contributed by atoms with van der Waals surface area (Å²) in [6, 6.07) is 0. The average Bonchev–Trinajstić information content (AvgIpc) is 2.44. The number of likely N-dealkylation sites (tertiary alicyclic amines) is 1. The fourth-order valence-electron chi connectivity index (χ4n) is 1.42. The van der Waals surface area contributed by atoms with E-state index >= 15 is 0 Å². The van der Waals surface area contributed by atoms with E-state index in [-0.39, 0.29) is 12.3 Å². The first-order valence-corrected chi connectivity index (χ1v) is 5.21. The van der Waals surface area contributed by atoms with E-state index in [0.717, 1.165) is 0 Å². The van der Waals surface area contributed by atoms with Gasteiger partial charge in [-0.1, -0.05) is 13.8 Å². The monoisotopic (exact) mass is 217 g/mol. The maximum absolute atomic E-state index is 11.2. The van der Waals surface area contributed by atoms with Gasteiger partial charge in [0.25, 0.3) is 0 Å². The van der Waals surface area contributed by atoms with Gasteiger partial charge in [-0.3, -0.25) is 9.59 Å². The van der Waals surface area contributed by atoms with E-state index in [1.165, 1.54) is 11.8 Å². The maximum Gasteiger partial charge on any atom is 0.303 e. The van der Waals surface area contributed by atoms with Crippen molar-refractivity contribution in [1.29, 1.82) is 0 Å². The second-order valence-electron chi connectivity index (χ2n) is 2.95. The molecule has 1 N–H and O–H groups in total. The lowest BCUT2D eigenvalue weighted by Crippen LogP contribution is -2.37. The number of esters is 1. The highest BCUT2D eigenvalue weighted by Gasteiger charge is 2.39. The summed E-state index contributed by atoms with van der Waals surface area (Å²) >= 11 is 0. The number of aliphatic hydroxyl groups excluding tert-OH is 1. The third kappa shape index (κ3) is 3.51. The summed E-state index contributed by atoms with van der Waals surface area (Å²) < 4.78 is 4.77. The Labute approximate surface area is 90.0 Å². The molecule has 0 aromatic carbocycles. The summed E-state index contributed by atoms with van der Waals surface area (Å²) in [7, 11) is 0. The molecule has 5 nitrogen and oxygen atoms in total. The lowest BCUT2D eigenvalue weighted by Gasteiger charge is -2.21. The number of likely N-dealkylation sites (N-methyl/N-ethyl adjacent to an activating group) is 1. The Bertz CT molecular complexity index is 229. The van der Waals surface area contributed by atoms with Crippen LogP contribution in [-0.4, -0.2) is 40.8 Å². The number of hydrogen-bond acceptors (Lipinski definition) is 4. The Kier molecular flexibility index (Phi) is 5.93. The number of carbonyl (C=O) groups is 2. The van der Waals surface area contributed by atoms with Crippen LogP contribution in [0.25, 0.3) is 0 Å². The third-order valence-electron chi connectivity index (χ3n) is 2.01. The highest BCUT2D eigenvalue weighted by Crippen LogP contribution is 2.19. The van der Waals surface area contributed by atoms with Crippen LogP contribution in [0.1, 0.15) is 34.1 Å². The number of aliphatic hydroxyl groups is 1. The Morgan fingerprint density at radius 3 is 2.47 bits per heavy atom. The molecule has 0 radical (unpaired) electrons. The molecule has 1 fully saturated rings. The van der Waals surface area contributed by atoms with Crippen LogP contribution < -0.4 is 0 Å². The van der Waals surface area contributed by atoms with Crippen LogP contribution in [0, 0.1) is 0 Å². The Balaban J connectivity index is 0.000000921. The van der Waals surface area contributed by atoms with Crippen LogP contribution in [0.2, 0.25) is 0 Å². The molecule has 1 amide bonds. The van der Waals surface area contributed by atoms with Crippen LogP contribution in [0.3, 0.4) is 0 Å². The minimum atomic E-state index is -0.985. The number of nitrogens with zero attached hydrogens (tertiary/aromatic N) is 1. The second kappa shape index (κ2) is 6.40. The van der Waals surface area contributed by atoms with Gasteiger partial charge in [-0.05, 0) is 6.92 Å². The summed E-state index contributed by atoms with van der Waals surface area (Å²) in [6.45, 7) is 7.45. The van der Waals surface area contributed by atoms with E-state index in [1.807, 2.05) is 13.8 Å². The quantitative estimate of drug-likeness (QED) is 0.684. The molecular formula is C10H19NO4. The van der Waals surface area contributed by atoms with Crippen LogP contribution in [0.15, 0.2) is 0 Å². The number of amides is 1. The Morgan fingerprint density at radius 2 is 2.13 bits per heavy atom. The van der Waals surface area contributed by atoms with E-state index in [2.05, 4.69) is 0 Å². The van der Waals surface area contributed by atoms with Gasteiger partial charge >= 0.3 is 5.97 Å². The molecule has 1 heterocycles. The lowest BCUT2D eigenvalue weighted by atomic mass is 10.3. The molecule has 0 bridgehead atoms. The van der Waals surface area contributed by atoms with Crippen molar-refractivity contribution in [2.75, 3.05) is 6.54 Å². The number of carbonyl (C=O) groups excluding carboxylic acids is 2. The minimum Gasteiger partial charge on any atom is -0.457 e. The van der Waals surface area contributed by atoms with Gasteiger partial charge in [0.1, 0.15) is 0 Å². The minimum absolute atomic E-state index is 0.0780. The van der Waals surface area contributed by atoms with Crippen molar-refractivity contribution in [3.63, 3.8) is 0 Å². The van der Waals surface area contributed by atoms with Crippen molar-refractivity contribution in [3.05, 3.63) is 0 Å². The van der Waals surface area contributed by atoms with Crippen molar-refractivity contribution in [2.24, 2.45) is 0 Å². The standard InChI is InChI=1S/C8H13NO4.C2H6/c1-3-9-7(11)4-6(8(9)12)13-5(2)10;1-2/h6,8,12H,3-4H2,1-2H3;1-2H3. The second-order valence-corrected chi connectivity index (χ2v) is 2.95. The van der Waals surface area contributed by atoms with Crippen LogP contribution in [-0.2, 0) is 14.3 Å². The van der Waals surface area contributed by atoms with Crippen molar-refractivity contribution in [1.82, 2.24) is 4.90 Å². The topological polar surface area (TPSA) is 66.8 Å². The molecule has 2 unspecified atom stereocenters. The van der Waals surface area contributed by atoms with Crippen molar-refractivity contribution in [3.8, 4) is 0 Å². The van der Waals surface area contributed by atoms with E-state index < -0.39 is 18.3 Å². The van der Waals surface area contributed by atoms with Gasteiger partial charge in [0.2, 0.25) is 5.91 Å². The summed E-state index contributed by atoms with van der Waals surface area (Å²) in [6.07, 6.45) is -1.61. The molecule has 88 valence electrons. The molecule has 0 aliphatic carbocycles. The SMILES string of the molecule is CC.CCN1C(=O)CC(OC(C)=O)C1O. The highest BCUT2D eigenvalue weighted by atomic mass is 16.6. The molecule has 2 atom stereocenters. The largest absolute Gasteiger partial charge is 0.457 e. The molecule has 1 aliphatic heterocycles. The summed E-state index contributed by atoms with van der Waals surface area (Å²) in [5.41, 5.74) is 0. The molecule has 0 aromatic rings. The average molecular weight is 217 g/mol. The van der Waals surface area contributed by atoms with Crippen molar-refractivity contribution in [2.45, 2.75) is 46.4 Å². The zero-order chi connectivity index (χ0) is 12.0. The number of rotatable bonds is 2. The highest BCUT2D eigenvalue weighted by molar-refractivity contribution is 5.80. The number of ether oxygens (including phenoxy) is 1. The van der Waals surface area contributed by atoms with Gasteiger partial charge in [0, 0.05) is 13.5 Å². The Morgan fingerprint density at radius 1 is 1.60 bits per heavy atom.